The maximum atomic E-state index is 12.4. The van der Waals surface area contributed by atoms with Crippen LogP contribution in [0.5, 0.6) is 0 Å². The Morgan fingerprint density at radius 3 is 2.58 bits per heavy atom. The Morgan fingerprint density at radius 1 is 1.38 bits per heavy atom. The summed E-state index contributed by atoms with van der Waals surface area (Å²) >= 11 is 5.77. The molecule has 9 heteroatoms. The average Bonchev–Trinajstić information content (AvgIpc) is 2.50. The van der Waals surface area contributed by atoms with Gasteiger partial charge < -0.3 is 10.6 Å². The summed E-state index contributed by atoms with van der Waals surface area (Å²) in [6.07, 6.45) is 0.990. The van der Waals surface area contributed by atoms with Crippen molar-refractivity contribution in [3.05, 3.63) is 29.3 Å². The van der Waals surface area contributed by atoms with Crippen molar-refractivity contribution in [1.82, 2.24) is 14.9 Å². The van der Waals surface area contributed by atoms with E-state index in [4.69, 9.17) is 11.6 Å². The third-order valence-corrected chi connectivity index (χ3v) is 6.13. The lowest BCUT2D eigenvalue weighted by atomic mass is 9.95. The maximum absolute atomic E-state index is 12.4. The van der Waals surface area contributed by atoms with Gasteiger partial charge in [0.05, 0.1) is 11.4 Å². The van der Waals surface area contributed by atoms with Crippen molar-refractivity contribution in [2.24, 2.45) is 5.92 Å². The predicted octanol–water partition coefficient (Wildman–Crippen LogP) is 1.50. The molecular formula is C15H23Cl2N3O3S. The number of carbonyl (C=O) groups excluding carboxylic acids is 1. The van der Waals surface area contributed by atoms with Crippen LogP contribution in [0.25, 0.3) is 0 Å². The van der Waals surface area contributed by atoms with Crippen LogP contribution in [-0.2, 0) is 14.8 Å². The van der Waals surface area contributed by atoms with Gasteiger partial charge in [-0.3, -0.25) is 4.79 Å². The number of benzene rings is 1. The van der Waals surface area contributed by atoms with Crippen molar-refractivity contribution in [2.75, 3.05) is 26.7 Å². The highest BCUT2D eigenvalue weighted by molar-refractivity contribution is 7.89. The quantitative estimate of drug-likeness (QED) is 0.791. The smallest absolute Gasteiger partial charge is 0.243 e. The van der Waals surface area contributed by atoms with Crippen LogP contribution in [0.4, 0.5) is 0 Å². The van der Waals surface area contributed by atoms with E-state index in [0.29, 0.717) is 17.5 Å². The molecule has 0 aromatic heterocycles. The van der Waals surface area contributed by atoms with E-state index in [9.17, 15) is 13.2 Å². The molecule has 2 atom stereocenters. The lowest BCUT2D eigenvalue weighted by Gasteiger charge is -2.30. The fourth-order valence-corrected chi connectivity index (χ4v) is 3.76. The summed E-state index contributed by atoms with van der Waals surface area (Å²) in [6, 6.07) is 5.91. The summed E-state index contributed by atoms with van der Waals surface area (Å²) in [6.45, 7) is 3.52. The molecule has 1 aromatic carbocycles. The fourth-order valence-electron chi connectivity index (χ4n) is 2.51. The lowest BCUT2D eigenvalue weighted by Crippen LogP contribution is -2.52. The number of sulfonamides is 1. The number of halogens is 2. The number of nitrogens with one attached hydrogen (secondary N) is 2. The maximum Gasteiger partial charge on any atom is 0.243 e. The molecule has 24 heavy (non-hydrogen) atoms. The molecule has 1 saturated heterocycles. The SMILES string of the molecule is CC1CCNCC1NC(=O)CN(C)S(=O)(=O)c1ccc(Cl)cc1.Cl. The monoisotopic (exact) mass is 395 g/mol. The summed E-state index contributed by atoms with van der Waals surface area (Å²) in [5, 5.41) is 6.59. The Labute approximate surface area is 154 Å². The van der Waals surface area contributed by atoms with Gasteiger partial charge in [-0.1, -0.05) is 18.5 Å². The van der Waals surface area contributed by atoms with Gasteiger partial charge in [0.15, 0.2) is 0 Å². The molecule has 1 heterocycles. The Bertz CT molecular complexity index is 652. The van der Waals surface area contributed by atoms with Gasteiger partial charge in [0.2, 0.25) is 15.9 Å². The second-order valence-corrected chi connectivity index (χ2v) is 8.34. The van der Waals surface area contributed by atoms with Crippen LogP contribution in [0.15, 0.2) is 29.2 Å². The molecule has 1 amide bonds. The third-order valence-electron chi connectivity index (χ3n) is 4.06. The van der Waals surface area contributed by atoms with Crippen molar-refractivity contribution in [3.63, 3.8) is 0 Å². The minimum atomic E-state index is -3.71. The number of amides is 1. The molecule has 0 aliphatic carbocycles. The highest BCUT2D eigenvalue weighted by atomic mass is 35.5. The zero-order valence-corrected chi connectivity index (χ0v) is 16.0. The van der Waals surface area contributed by atoms with Crippen LogP contribution in [-0.4, -0.2) is 51.4 Å². The molecule has 1 aliphatic rings. The summed E-state index contributed by atoms with van der Waals surface area (Å²) < 4.78 is 25.9. The van der Waals surface area contributed by atoms with Crippen LogP contribution >= 0.6 is 24.0 Å². The van der Waals surface area contributed by atoms with Gasteiger partial charge in [-0.25, -0.2) is 8.42 Å². The fraction of sp³-hybridized carbons (Fsp3) is 0.533. The first-order valence-corrected chi connectivity index (χ1v) is 9.34. The summed E-state index contributed by atoms with van der Waals surface area (Å²) in [5.74, 6) is 0.0731. The van der Waals surface area contributed by atoms with Crippen molar-refractivity contribution in [1.29, 1.82) is 0 Å². The van der Waals surface area contributed by atoms with E-state index >= 15 is 0 Å². The Hall–Kier alpha value is -0.860. The molecule has 2 rings (SSSR count). The van der Waals surface area contributed by atoms with Gasteiger partial charge in [-0.2, -0.15) is 4.31 Å². The van der Waals surface area contributed by atoms with Crippen molar-refractivity contribution < 1.29 is 13.2 Å². The van der Waals surface area contributed by atoms with Crippen LogP contribution in [0.1, 0.15) is 13.3 Å². The van der Waals surface area contributed by atoms with Gasteiger partial charge in [0, 0.05) is 24.7 Å². The molecule has 136 valence electrons. The Morgan fingerprint density at radius 2 is 2.00 bits per heavy atom. The highest BCUT2D eigenvalue weighted by Gasteiger charge is 2.26. The van der Waals surface area contributed by atoms with Crippen LogP contribution in [0.3, 0.4) is 0 Å². The topological polar surface area (TPSA) is 78.5 Å². The van der Waals surface area contributed by atoms with Gasteiger partial charge in [0.25, 0.3) is 0 Å². The molecular weight excluding hydrogens is 373 g/mol. The van der Waals surface area contributed by atoms with E-state index in [-0.39, 0.29) is 35.8 Å². The molecule has 2 unspecified atom stereocenters. The minimum absolute atomic E-state index is 0. The van der Waals surface area contributed by atoms with Gasteiger partial charge in [-0.15, -0.1) is 12.4 Å². The summed E-state index contributed by atoms with van der Waals surface area (Å²) in [5.41, 5.74) is 0. The van der Waals surface area contributed by atoms with Gasteiger partial charge in [0.1, 0.15) is 0 Å². The molecule has 1 aliphatic heterocycles. The molecule has 0 spiro atoms. The number of hydrogen-bond donors (Lipinski definition) is 2. The first-order chi connectivity index (χ1) is 10.8. The Kier molecular flexibility index (Phi) is 7.95. The predicted molar refractivity (Wildman–Crippen MR) is 97.1 cm³/mol. The van der Waals surface area contributed by atoms with E-state index in [1.54, 1.807) is 0 Å². The van der Waals surface area contributed by atoms with E-state index < -0.39 is 10.0 Å². The molecule has 6 nitrogen and oxygen atoms in total. The van der Waals surface area contributed by atoms with Gasteiger partial charge in [-0.05, 0) is 43.1 Å². The normalized spacial score (nSPS) is 21.2. The second-order valence-electron chi connectivity index (χ2n) is 5.86. The van der Waals surface area contributed by atoms with E-state index in [1.807, 2.05) is 0 Å². The zero-order chi connectivity index (χ0) is 17.0. The van der Waals surface area contributed by atoms with Crippen LogP contribution in [0, 0.1) is 5.92 Å². The van der Waals surface area contributed by atoms with Crippen molar-refractivity contribution in [3.8, 4) is 0 Å². The number of piperidine rings is 1. The molecule has 0 saturated carbocycles. The van der Waals surface area contributed by atoms with Gasteiger partial charge >= 0.3 is 0 Å². The lowest BCUT2D eigenvalue weighted by molar-refractivity contribution is -0.122. The summed E-state index contributed by atoms with van der Waals surface area (Å²) in [4.78, 5) is 12.2. The number of hydrogen-bond acceptors (Lipinski definition) is 4. The number of carbonyl (C=O) groups is 1. The number of nitrogens with zero attached hydrogens (tertiary/aromatic N) is 1. The summed E-state index contributed by atoms with van der Waals surface area (Å²) in [7, 11) is -2.31. The molecule has 2 N–H and O–H groups in total. The highest BCUT2D eigenvalue weighted by Crippen LogP contribution is 2.17. The zero-order valence-electron chi connectivity index (χ0n) is 13.7. The van der Waals surface area contributed by atoms with E-state index in [1.165, 1.54) is 31.3 Å². The molecule has 1 aromatic rings. The minimum Gasteiger partial charge on any atom is -0.351 e. The molecule has 0 radical (unpaired) electrons. The first-order valence-electron chi connectivity index (χ1n) is 7.52. The second kappa shape index (κ2) is 9.01. The van der Waals surface area contributed by atoms with E-state index in [2.05, 4.69) is 17.6 Å². The largest absolute Gasteiger partial charge is 0.351 e. The number of likely N-dealkylation sites (N-methyl/N-ethyl adjacent to an activating group) is 1. The standard InChI is InChI=1S/C15H22ClN3O3S.ClH/c1-11-7-8-17-9-14(11)18-15(20)10-19(2)23(21,22)13-5-3-12(16)4-6-13;/h3-6,11,14,17H,7-10H2,1-2H3,(H,18,20);1H. The first kappa shape index (κ1) is 21.2. The van der Waals surface area contributed by atoms with Crippen molar-refractivity contribution >= 4 is 39.9 Å². The van der Waals surface area contributed by atoms with Crippen LogP contribution in [0.2, 0.25) is 5.02 Å². The van der Waals surface area contributed by atoms with Crippen LogP contribution < -0.4 is 10.6 Å². The molecule has 0 bridgehead atoms. The average molecular weight is 396 g/mol. The third kappa shape index (κ3) is 5.32. The van der Waals surface area contributed by atoms with E-state index in [0.717, 1.165) is 17.3 Å². The molecule has 1 fully saturated rings. The Balaban J connectivity index is 0.00000288. The number of rotatable bonds is 5. The van der Waals surface area contributed by atoms with Crippen molar-refractivity contribution in [2.45, 2.75) is 24.3 Å².